The SMILES string of the molecule is CCNC(=O)CCN1C(=O)C2C3C=CC(C3)C2C1=O. The van der Waals surface area contributed by atoms with Crippen molar-refractivity contribution in [1.82, 2.24) is 10.2 Å². The summed E-state index contributed by atoms with van der Waals surface area (Å²) in [6, 6.07) is 0. The van der Waals surface area contributed by atoms with E-state index in [1.165, 1.54) is 4.90 Å². The summed E-state index contributed by atoms with van der Waals surface area (Å²) in [4.78, 5) is 37.3. The van der Waals surface area contributed by atoms with Gasteiger partial charge < -0.3 is 5.32 Å². The number of allylic oxidation sites excluding steroid dienone is 2. The predicted octanol–water partition coefficient (Wildman–Crippen LogP) is 0.320. The van der Waals surface area contributed by atoms with E-state index < -0.39 is 0 Å². The minimum atomic E-state index is -0.156. The van der Waals surface area contributed by atoms with Crippen molar-refractivity contribution in [3.63, 3.8) is 0 Å². The molecule has 0 radical (unpaired) electrons. The van der Waals surface area contributed by atoms with E-state index in [4.69, 9.17) is 0 Å². The fourth-order valence-corrected chi connectivity index (χ4v) is 3.68. The first-order chi connectivity index (χ1) is 9.13. The number of likely N-dealkylation sites (tertiary alicyclic amines) is 1. The molecule has 0 aromatic rings. The van der Waals surface area contributed by atoms with Gasteiger partial charge in [0.2, 0.25) is 17.7 Å². The van der Waals surface area contributed by atoms with Gasteiger partial charge in [-0.2, -0.15) is 0 Å². The van der Waals surface area contributed by atoms with Crippen molar-refractivity contribution in [3.05, 3.63) is 12.2 Å². The van der Waals surface area contributed by atoms with Crippen LogP contribution in [0.25, 0.3) is 0 Å². The summed E-state index contributed by atoms with van der Waals surface area (Å²) in [6.07, 6.45) is 5.29. The Kier molecular flexibility index (Phi) is 2.92. The topological polar surface area (TPSA) is 66.5 Å². The van der Waals surface area contributed by atoms with Gasteiger partial charge in [0.1, 0.15) is 0 Å². The van der Waals surface area contributed by atoms with E-state index in [9.17, 15) is 14.4 Å². The number of hydrogen-bond donors (Lipinski definition) is 1. The fraction of sp³-hybridized carbons (Fsp3) is 0.643. The van der Waals surface area contributed by atoms with Crippen molar-refractivity contribution in [3.8, 4) is 0 Å². The standard InChI is InChI=1S/C14H18N2O3/c1-2-15-10(17)5-6-16-13(18)11-8-3-4-9(7-8)12(11)14(16)19/h3-4,8-9,11-12H,2,5-7H2,1H3,(H,15,17). The van der Waals surface area contributed by atoms with Crippen molar-refractivity contribution in [2.24, 2.45) is 23.7 Å². The van der Waals surface area contributed by atoms with Crippen LogP contribution in [0.2, 0.25) is 0 Å². The highest BCUT2D eigenvalue weighted by Gasteiger charge is 2.58. The third kappa shape index (κ3) is 1.79. The van der Waals surface area contributed by atoms with E-state index in [0.29, 0.717) is 6.54 Å². The molecule has 102 valence electrons. The van der Waals surface area contributed by atoms with Crippen LogP contribution in [0.4, 0.5) is 0 Å². The Bertz CT molecular complexity index is 441. The van der Waals surface area contributed by atoms with Crippen LogP contribution in [0.15, 0.2) is 12.2 Å². The first-order valence-electron chi connectivity index (χ1n) is 6.93. The average molecular weight is 262 g/mol. The summed E-state index contributed by atoms with van der Waals surface area (Å²) in [5, 5.41) is 2.68. The van der Waals surface area contributed by atoms with Crippen molar-refractivity contribution in [2.75, 3.05) is 13.1 Å². The Hall–Kier alpha value is -1.65. The third-order valence-corrected chi connectivity index (χ3v) is 4.50. The quantitative estimate of drug-likeness (QED) is 0.586. The first-order valence-corrected chi connectivity index (χ1v) is 6.93. The number of rotatable bonds is 4. The van der Waals surface area contributed by atoms with E-state index in [2.05, 4.69) is 17.5 Å². The third-order valence-electron chi connectivity index (χ3n) is 4.50. The number of carbonyl (C=O) groups is 3. The lowest BCUT2D eigenvalue weighted by atomic mass is 9.85. The van der Waals surface area contributed by atoms with Gasteiger partial charge in [0, 0.05) is 19.5 Å². The zero-order valence-electron chi connectivity index (χ0n) is 11.0. The average Bonchev–Trinajstić information content (AvgIpc) is 3.03. The van der Waals surface area contributed by atoms with Gasteiger partial charge in [-0.1, -0.05) is 12.2 Å². The molecule has 3 rings (SSSR count). The van der Waals surface area contributed by atoms with Gasteiger partial charge >= 0.3 is 0 Å². The summed E-state index contributed by atoms with van der Waals surface area (Å²) in [5.74, 6) is -0.0936. The van der Waals surface area contributed by atoms with Gasteiger partial charge in [-0.05, 0) is 25.2 Å². The van der Waals surface area contributed by atoms with Gasteiger partial charge in [-0.3, -0.25) is 19.3 Å². The molecular weight excluding hydrogens is 244 g/mol. The highest BCUT2D eigenvalue weighted by molar-refractivity contribution is 6.06. The second-order valence-electron chi connectivity index (χ2n) is 5.53. The lowest BCUT2D eigenvalue weighted by molar-refractivity contribution is -0.141. The maximum atomic E-state index is 12.3. The molecule has 5 nitrogen and oxygen atoms in total. The predicted molar refractivity (Wildman–Crippen MR) is 67.7 cm³/mol. The van der Waals surface area contributed by atoms with Gasteiger partial charge in [-0.25, -0.2) is 0 Å². The number of hydrogen-bond acceptors (Lipinski definition) is 3. The summed E-state index contributed by atoms with van der Waals surface area (Å²) < 4.78 is 0. The molecule has 1 N–H and O–H groups in total. The summed E-state index contributed by atoms with van der Waals surface area (Å²) in [7, 11) is 0. The second-order valence-corrected chi connectivity index (χ2v) is 5.53. The van der Waals surface area contributed by atoms with Crippen LogP contribution in [0.5, 0.6) is 0 Å². The van der Waals surface area contributed by atoms with Crippen LogP contribution < -0.4 is 5.32 Å². The molecule has 0 aromatic heterocycles. The van der Waals surface area contributed by atoms with Crippen molar-refractivity contribution in [2.45, 2.75) is 19.8 Å². The molecule has 3 amide bonds. The number of imide groups is 1. The molecular formula is C14H18N2O3. The monoisotopic (exact) mass is 262 g/mol. The molecule has 2 bridgehead atoms. The molecule has 1 saturated carbocycles. The lowest BCUT2D eigenvalue weighted by Crippen LogP contribution is -2.36. The molecule has 1 heterocycles. The molecule has 2 fully saturated rings. The Morgan fingerprint density at radius 2 is 1.84 bits per heavy atom. The fourth-order valence-electron chi connectivity index (χ4n) is 3.68. The highest BCUT2D eigenvalue weighted by atomic mass is 16.2. The molecule has 19 heavy (non-hydrogen) atoms. The van der Waals surface area contributed by atoms with E-state index in [-0.39, 0.29) is 54.4 Å². The van der Waals surface area contributed by atoms with Gasteiger partial charge in [-0.15, -0.1) is 0 Å². The zero-order chi connectivity index (χ0) is 13.6. The number of carbonyl (C=O) groups excluding carboxylic acids is 3. The zero-order valence-corrected chi connectivity index (χ0v) is 11.0. The molecule has 0 aromatic carbocycles. The van der Waals surface area contributed by atoms with Gasteiger partial charge in [0.25, 0.3) is 0 Å². The summed E-state index contributed by atoms with van der Waals surface area (Å²) in [5.41, 5.74) is 0. The molecule has 4 atom stereocenters. The Labute approximate surface area is 112 Å². The van der Waals surface area contributed by atoms with Crippen molar-refractivity contribution < 1.29 is 14.4 Å². The molecule has 1 saturated heterocycles. The molecule has 5 heteroatoms. The van der Waals surface area contributed by atoms with Gasteiger partial charge in [0.05, 0.1) is 11.8 Å². The van der Waals surface area contributed by atoms with Gasteiger partial charge in [0.15, 0.2) is 0 Å². The summed E-state index contributed by atoms with van der Waals surface area (Å²) >= 11 is 0. The van der Waals surface area contributed by atoms with E-state index >= 15 is 0 Å². The lowest BCUT2D eigenvalue weighted by Gasteiger charge is -2.16. The van der Waals surface area contributed by atoms with Crippen molar-refractivity contribution in [1.29, 1.82) is 0 Å². The summed E-state index contributed by atoms with van der Waals surface area (Å²) in [6.45, 7) is 2.63. The van der Waals surface area contributed by atoms with Crippen LogP contribution in [0.3, 0.4) is 0 Å². The number of nitrogens with zero attached hydrogens (tertiary/aromatic N) is 1. The normalized spacial score (nSPS) is 35.1. The maximum absolute atomic E-state index is 12.3. The van der Waals surface area contributed by atoms with Crippen LogP contribution in [0, 0.1) is 23.7 Å². The smallest absolute Gasteiger partial charge is 0.233 e. The van der Waals surface area contributed by atoms with Crippen molar-refractivity contribution >= 4 is 17.7 Å². The largest absolute Gasteiger partial charge is 0.356 e. The van der Waals surface area contributed by atoms with E-state index in [1.54, 1.807) is 0 Å². The second kappa shape index (κ2) is 4.47. The molecule has 1 aliphatic heterocycles. The maximum Gasteiger partial charge on any atom is 0.233 e. The van der Waals surface area contributed by atoms with Crippen LogP contribution in [-0.2, 0) is 14.4 Å². The van der Waals surface area contributed by atoms with Crippen LogP contribution in [0.1, 0.15) is 19.8 Å². The number of nitrogens with one attached hydrogen (secondary N) is 1. The highest BCUT2D eigenvalue weighted by Crippen LogP contribution is 2.52. The minimum Gasteiger partial charge on any atom is -0.356 e. The molecule has 2 aliphatic carbocycles. The van der Waals surface area contributed by atoms with Crippen LogP contribution >= 0.6 is 0 Å². The molecule has 3 aliphatic rings. The minimum absolute atomic E-state index is 0.0730. The Morgan fingerprint density at radius 1 is 1.26 bits per heavy atom. The Morgan fingerprint density at radius 3 is 2.37 bits per heavy atom. The molecule has 0 spiro atoms. The van der Waals surface area contributed by atoms with E-state index in [0.717, 1.165) is 6.42 Å². The first kappa shape index (κ1) is 12.4. The van der Waals surface area contributed by atoms with Crippen LogP contribution in [-0.4, -0.2) is 35.7 Å². The number of amides is 3. The Balaban J connectivity index is 1.67. The molecule has 4 unspecified atom stereocenters. The number of fused-ring (bicyclic) bond motifs is 5. The van der Waals surface area contributed by atoms with E-state index in [1.807, 2.05) is 6.92 Å².